The summed E-state index contributed by atoms with van der Waals surface area (Å²) >= 11 is 0. The maximum absolute atomic E-state index is 13.4. The Morgan fingerprint density at radius 3 is 2.16 bits per heavy atom. The standard InChI is InChI=1S/C40H45N13O7.C2HF3O2/c1-2-53-48-36(47-49-53)34-32(56)33(57)39(60-34)52-22-43-31-35(42-20-29(23-3-8-27(54)9-4-23)24-5-10-28(55)11-6-24)45-40(46-37(31)52)51-14-13-26(21-51)44-38(58)25-7-12-30(41-19-25)50-15-17-59-18-16-50;3-2(4,5)1(6)7/h3-12,19,22,26,29,32-34,39,54-57H,2,13-18,20-21H2,1H3,(H,44,58)(H,42,45,46);(H,6,7)/t26-,32+,33-,34+,39-;/m1./s1. The molecule has 3 aliphatic rings. The molecule has 0 unspecified atom stereocenters. The van der Waals surface area contributed by atoms with Crippen molar-refractivity contribution in [2.24, 2.45) is 0 Å². The van der Waals surface area contributed by atoms with Crippen LogP contribution in [-0.2, 0) is 20.8 Å². The average Bonchev–Trinajstić information content (AvgIpc) is 4.15. The number of aliphatic carboxylic acids is 1. The van der Waals surface area contributed by atoms with Crippen LogP contribution in [0.3, 0.4) is 0 Å². The highest BCUT2D eigenvalue weighted by atomic mass is 19.4. The van der Waals surface area contributed by atoms with Gasteiger partial charge in [0, 0.05) is 50.9 Å². The van der Waals surface area contributed by atoms with Crippen molar-refractivity contribution in [3.8, 4) is 11.5 Å². The van der Waals surface area contributed by atoms with Crippen molar-refractivity contribution in [3.05, 3.63) is 95.7 Å². The number of carbonyl (C=O) groups excluding carboxylic acids is 1. The van der Waals surface area contributed by atoms with Gasteiger partial charge in [0.1, 0.15) is 29.5 Å². The molecule has 0 bridgehead atoms. The number of aliphatic hydroxyl groups excluding tert-OH is 2. The summed E-state index contributed by atoms with van der Waals surface area (Å²) in [4.78, 5) is 46.9. The van der Waals surface area contributed by atoms with E-state index in [-0.39, 0.29) is 35.2 Å². The minimum absolute atomic E-state index is 0.136. The van der Waals surface area contributed by atoms with Gasteiger partial charge >= 0.3 is 12.1 Å². The summed E-state index contributed by atoms with van der Waals surface area (Å²) in [6, 6.07) is 17.3. The Morgan fingerprint density at radius 2 is 1.57 bits per heavy atom. The number of halogens is 3. The van der Waals surface area contributed by atoms with Gasteiger partial charge in [-0.05, 0) is 66.1 Å². The van der Waals surface area contributed by atoms with E-state index < -0.39 is 36.7 Å². The Bertz CT molecular complexity index is 2600. The van der Waals surface area contributed by atoms with Crippen molar-refractivity contribution in [3.63, 3.8) is 0 Å². The van der Waals surface area contributed by atoms with Crippen LogP contribution in [0.25, 0.3) is 11.2 Å². The van der Waals surface area contributed by atoms with E-state index in [0.717, 1.165) is 30.0 Å². The number of ether oxygens (including phenoxy) is 2. The zero-order valence-corrected chi connectivity index (χ0v) is 35.7. The highest BCUT2D eigenvalue weighted by Gasteiger charge is 2.47. The molecule has 0 radical (unpaired) electrons. The smallest absolute Gasteiger partial charge is 0.490 e. The molecule has 4 aromatic heterocycles. The number of rotatable bonds is 12. The van der Waals surface area contributed by atoms with Crippen molar-refractivity contribution in [2.45, 2.75) is 62.6 Å². The van der Waals surface area contributed by atoms with Crippen molar-refractivity contribution in [2.75, 3.05) is 61.1 Å². The first-order valence-corrected chi connectivity index (χ1v) is 21.2. The van der Waals surface area contributed by atoms with Crippen molar-refractivity contribution >= 4 is 40.6 Å². The molecule has 7 N–H and O–H groups in total. The lowest BCUT2D eigenvalue weighted by Gasteiger charge is -2.27. The normalized spacial score (nSPS) is 20.8. The number of fused-ring (bicyclic) bond motifs is 1. The number of carbonyl (C=O) groups is 2. The number of morpholine rings is 1. The minimum atomic E-state index is -5.08. The second-order valence-corrected chi connectivity index (χ2v) is 15.8. The van der Waals surface area contributed by atoms with Gasteiger partial charge in [-0.15, -0.1) is 10.2 Å². The Morgan fingerprint density at radius 1 is 0.896 bits per heavy atom. The van der Waals surface area contributed by atoms with Crippen molar-refractivity contribution in [1.82, 2.24) is 50.0 Å². The number of nitrogens with zero attached hydrogens (tertiary/aromatic N) is 11. The van der Waals surface area contributed by atoms with Gasteiger partial charge in [-0.3, -0.25) is 9.36 Å². The number of benzene rings is 2. The maximum atomic E-state index is 13.4. The van der Waals surface area contributed by atoms with Crippen LogP contribution in [0.1, 0.15) is 58.9 Å². The van der Waals surface area contributed by atoms with Crippen molar-refractivity contribution < 1.29 is 57.8 Å². The summed E-state index contributed by atoms with van der Waals surface area (Å²) in [6.07, 6.45) is -6.32. The number of carboxylic acids is 1. The minimum Gasteiger partial charge on any atom is -0.508 e. The topological polar surface area (TPSA) is 284 Å². The third kappa shape index (κ3) is 10.4. The molecule has 7 heterocycles. The number of aromatic hydroxyl groups is 2. The van der Waals surface area contributed by atoms with Crippen LogP contribution in [0.15, 0.2) is 73.2 Å². The number of phenolic OH excluding ortho intramolecular Hbond substituents is 2. The number of tetrazole rings is 1. The van der Waals surface area contributed by atoms with Crippen LogP contribution in [0.5, 0.6) is 11.5 Å². The monoisotopic (exact) mass is 933 g/mol. The number of aliphatic hydroxyl groups is 2. The highest BCUT2D eigenvalue weighted by Crippen LogP contribution is 2.39. The Labute approximate surface area is 378 Å². The van der Waals surface area contributed by atoms with Crippen molar-refractivity contribution in [1.29, 1.82) is 0 Å². The number of carboxylic acid groups (broad SMARTS) is 1. The SMILES string of the molecule is CCn1nnc([C@H]2O[C@@H](n3cnc4c(NCC(c5ccc(O)cc5)c5ccc(O)cc5)nc(N5CC[C@@H](NC(=O)c6ccc(N7CCOCC7)nc6)C5)nc43)[C@H](O)[C@@H]2O)n1.O=C(O)C(F)(F)F. The van der Waals surface area contributed by atoms with E-state index in [1.54, 1.807) is 41.1 Å². The van der Waals surface area contributed by atoms with Crippen LogP contribution in [0.2, 0.25) is 0 Å². The van der Waals surface area contributed by atoms with Gasteiger partial charge in [0.25, 0.3) is 5.91 Å². The first-order valence-electron chi connectivity index (χ1n) is 21.2. The van der Waals surface area contributed by atoms with Gasteiger partial charge in [-0.1, -0.05) is 24.3 Å². The van der Waals surface area contributed by atoms with Gasteiger partial charge in [0.15, 0.2) is 29.3 Å². The Balaban J connectivity index is 0.000000807. The fourth-order valence-corrected chi connectivity index (χ4v) is 7.83. The predicted molar refractivity (Wildman–Crippen MR) is 229 cm³/mol. The van der Waals surface area contributed by atoms with Crippen LogP contribution in [0.4, 0.5) is 30.8 Å². The van der Waals surface area contributed by atoms with E-state index in [2.05, 4.69) is 40.9 Å². The molecular formula is C42H46F3N13O9. The summed E-state index contributed by atoms with van der Waals surface area (Å²) in [6.45, 7) is 6.36. The van der Waals surface area contributed by atoms with E-state index >= 15 is 0 Å². The number of phenols is 2. The molecule has 5 atom stereocenters. The molecule has 22 nitrogen and oxygen atoms in total. The first kappa shape index (κ1) is 46.3. The predicted octanol–water partition coefficient (Wildman–Crippen LogP) is 2.35. The summed E-state index contributed by atoms with van der Waals surface area (Å²) < 4.78 is 45.0. The number of pyridine rings is 1. The molecule has 3 fully saturated rings. The number of nitrogens with one attached hydrogen (secondary N) is 2. The fourth-order valence-electron chi connectivity index (χ4n) is 7.83. The molecule has 1 amide bonds. The van der Waals surface area contributed by atoms with Gasteiger partial charge in [0.05, 0.1) is 31.6 Å². The average molecular weight is 934 g/mol. The number of aromatic nitrogens is 9. The molecule has 0 aliphatic carbocycles. The lowest BCUT2D eigenvalue weighted by atomic mass is 9.91. The lowest BCUT2D eigenvalue weighted by Crippen LogP contribution is -2.38. The Kier molecular flexibility index (Phi) is 13.6. The van der Waals surface area contributed by atoms with E-state index in [9.17, 15) is 38.4 Å². The van der Waals surface area contributed by atoms with Crippen LogP contribution >= 0.6 is 0 Å². The number of aryl methyl sites for hydroxylation is 1. The molecule has 6 aromatic rings. The third-order valence-corrected chi connectivity index (χ3v) is 11.4. The quantitative estimate of drug-likeness (QED) is 0.0927. The lowest BCUT2D eigenvalue weighted by molar-refractivity contribution is -0.192. The molecule has 67 heavy (non-hydrogen) atoms. The Hall–Kier alpha value is -7.22. The first-order chi connectivity index (χ1) is 32.2. The number of hydrogen-bond donors (Lipinski definition) is 7. The van der Waals surface area contributed by atoms with E-state index in [4.69, 9.17) is 29.3 Å². The number of imidazole rings is 1. The van der Waals surface area contributed by atoms with E-state index in [1.165, 1.54) is 11.1 Å². The molecule has 0 spiro atoms. The van der Waals surface area contributed by atoms with E-state index in [0.29, 0.717) is 74.3 Å². The maximum Gasteiger partial charge on any atom is 0.490 e. The summed E-state index contributed by atoms with van der Waals surface area (Å²) in [5.74, 6) is -1.28. The number of hydrogen-bond acceptors (Lipinski definition) is 18. The highest BCUT2D eigenvalue weighted by molar-refractivity contribution is 5.94. The van der Waals surface area contributed by atoms with E-state index in [1.807, 2.05) is 42.2 Å². The second kappa shape index (κ2) is 19.7. The van der Waals surface area contributed by atoms with Crippen LogP contribution in [0, 0.1) is 0 Å². The molecular weight excluding hydrogens is 888 g/mol. The molecule has 9 rings (SSSR count). The second-order valence-electron chi connectivity index (χ2n) is 15.8. The summed E-state index contributed by atoms with van der Waals surface area (Å²) in [7, 11) is 0. The largest absolute Gasteiger partial charge is 0.508 e. The number of amides is 1. The molecule has 2 aromatic carbocycles. The molecule has 0 saturated carbocycles. The molecule has 354 valence electrons. The van der Waals surface area contributed by atoms with Gasteiger partial charge in [-0.2, -0.15) is 27.9 Å². The van der Waals surface area contributed by atoms with Crippen LogP contribution < -0.4 is 20.4 Å². The molecule has 3 aliphatic heterocycles. The van der Waals surface area contributed by atoms with Gasteiger partial charge in [-0.25, -0.2) is 14.8 Å². The van der Waals surface area contributed by atoms with Crippen LogP contribution in [-0.4, -0.2) is 152 Å². The summed E-state index contributed by atoms with van der Waals surface area (Å²) in [5.41, 5.74) is 2.98. The fraction of sp³-hybridized carbons (Fsp3) is 0.405. The molecule has 3 saturated heterocycles. The summed E-state index contributed by atoms with van der Waals surface area (Å²) in [5, 5.41) is 68.6. The van der Waals surface area contributed by atoms with Gasteiger partial charge < -0.3 is 55.4 Å². The van der Waals surface area contributed by atoms with Gasteiger partial charge in [0.2, 0.25) is 11.8 Å². The number of anilines is 3. The number of alkyl halides is 3. The zero-order chi connectivity index (χ0) is 47.4. The molecule has 25 heteroatoms. The zero-order valence-electron chi connectivity index (χ0n) is 35.7. The third-order valence-electron chi connectivity index (χ3n) is 11.4.